The zero-order valence-electron chi connectivity index (χ0n) is 20.2. The second kappa shape index (κ2) is 10.7. The number of aromatic nitrogens is 2. The van der Waals surface area contributed by atoms with Gasteiger partial charge in [-0.05, 0) is 35.9 Å². The number of benzene rings is 3. The van der Waals surface area contributed by atoms with E-state index in [9.17, 15) is 4.79 Å². The fourth-order valence-electron chi connectivity index (χ4n) is 4.64. The Morgan fingerprint density at radius 2 is 1.49 bits per heavy atom. The van der Waals surface area contributed by atoms with Gasteiger partial charge in [0, 0.05) is 64.1 Å². The predicted molar refractivity (Wildman–Crippen MR) is 142 cm³/mol. The molecule has 1 fully saturated rings. The van der Waals surface area contributed by atoms with Crippen LogP contribution in [-0.2, 0) is 20.0 Å². The number of para-hydroxylation sites is 1. The van der Waals surface area contributed by atoms with Crippen LogP contribution in [-0.4, -0.2) is 58.1 Å². The molecule has 35 heavy (non-hydrogen) atoms. The summed E-state index contributed by atoms with van der Waals surface area (Å²) in [6.07, 6.45) is 0.904. The van der Waals surface area contributed by atoms with Crippen molar-refractivity contribution in [2.24, 2.45) is 7.05 Å². The van der Waals surface area contributed by atoms with Crippen molar-refractivity contribution in [1.82, 2.24) is 19.4 Å². The van der Waals surface area contributed by atoms with Crippen LogP contribution in [0.3, 0.4) is 0 Å². The normalized spacial score (nSPS) is 14.8. The highest BCUT2D eigenvalue weighted by atomic mass is 16.2. The molecule has 7 nitrogen and oxygen atoms in total. The third-order valence-electron chi connectivity index (χ3n) is 6.63. The first-order valence-corrected chi connectivity index (χ1v) is 12.2. The van der Waals surface area contributed by atoms with Crippen LogP contribution in [0.4, 0.5) is 16.2 Å². The summed E-state index contributed by atoms with van der Waals surface area (Å²) in [5, 5.41) is 5.75. The van der Waals surface area contributed by atoms with Gasteiger partial charge in [0.15, 0.2) is 0 Å². The molecule has 0 spiro atoms. The number of urea groups is 1. The van der Waals surface area contributed by atoms with Crippen LogP contribution < -0.4 is 10.6 Å². The van der Waals surface area contributed by atoms with Crippen molar-refractivity contribution in [1.29, 1.82) is 0 Å². The summed E-state index contributed by atoms with van der Waals surface area (Å²) < 4.78 is 2.16. The van der Waals surface area contributed by atoms with Gasteiger partial charge >= 0.3 is 6.03 Å². The smallest absolute Gasteiger partial charge is 0.323 e. The van der Waals surface area contributed by atoms with Crippen molar-refractivity contribution in [2.75, 3.05) is 43.4 Å². The number of nitrogens with one attached hydrogen (secondary N) is 2. The second-order valence-electron chi connectivity index (χ2n) is 9.09. The van der Waals surface area contributed by atoms with Gasteiger partial charge in [-0.3, -0.25) is 4.90 Å². The molecule has 0 unspecified atom stereocenters. The molecule has 2 amide bonds. The summed E-state index contributed by atoms with van der Waals surface area (Å²) in [4.78, 5) is 22.3. The molecule has 2 N–H and O–H groups in total. The van der Waals surface area contributed by atoms with Crippen molar-refractivity contribution >= 4 is 28.4 Å². The zero-order chi connectivity index (χ0) is 24.0. The Bertz CT molecular complexity index is 1260. The van der Waals surface area contributed by atoms with Gasteiger partial charge in [-0.1, -0.05) is 48.5 Å². The summed E-state index contributed by atoms with van der Waals surface area (Å²) in [6, 6.07) is 25.7. The fraction of sp³-hybridized carbons (Fsp3) is 0.286. The Morgan fingerprint density at radius 1 is 0.829 bits per heavy atom. The van der Waals surface area contributed by atoms with E-state index in [2.05, 4.69) is 62.4 Å². The highest BCUT2D eigenvalue weighted by Gasteiger charge is 2.18. The van der Waals surface area contributed by atoms with Crippen LogP contribution in [0, 0.1) is 0 Å². The monoisotopic (exact) mass is 468 g/mol. The minimum atomic E-state index is -0.266. The van der Waals surface area contributed by atoms with Gasteiger partial charge in [0.2, 0.25) is 0 Å². The van der Waals surface area contributed by atoms with Crippen LogP contribution in [0.25, 0.3) is 11.0 Å². The molecule has 0 aliphatic carbocycles. The Kier molecular flexibility index (Phi) is 7.07. The number of carbonyl (C=O) groups excluding carboxylic acids is 1. The maximum atomic E-state index is 12.3. The number of nitrogens with zero attached hydrogens (tertiary/aromatic N) is 4. The lowest BCUT2D eigenvalue weighted by Crippen LogP contribution is -2.46. The van der Waals surface area contributed by atoms with E-state index >= 15 is 0 Å². The fourth-order valence-corrected chi connectivity index (χ4v) is 4.64. The zero-order valence-corrected chi connectivity index (χ0v) is 20.2. The molecule has 1 aliphatic heterocycles. The Hall–Kier alpha value is -3.68. The number of piperazine rings is 1. The second-order valence-corrected chi connectivity index (χ2v) is 9.09. The lowest BCUT2D eigenvalue weighted by Gasteiger charge is -2.34. The third kappa shape index (κ3) is 5.88. The maximum absolute atomic E-state index is 12.3. The van der Waals surface area contributed by atoms with E-state index in [1.54, 1.807) is 0 Å². The van der Waals surface area contributed by atoms with Gasteiger partial charge < -0.3 is 20.1 Å². The van der Waals surface area contributed by atoms with Crippen molar-refractivity contribution in [3.63, 3.8) is 0 Å². The van der Waals surface area contributed by atoms with Crippen LogP contribution >= 0.6 is 0 Å². The lowest BCUT2D eigenvalue weighted by atomic mass is 10.2. The van der Waals surface area contributed by atoms with Crippen molar-refractivity contribution < 1.29 is 4.79 Å². The van der Waals surface area contributed by atoms with Gasteiger partial charge in [-0.15, -0.1) is 0 Å². The quantitative estimate of drug-likeness (QED) is 0.417. The van der Waals surface area contributed by atoms with Gasteiger partial charge in [0.05, 0.1) is 11.0 Å². The van der Waals surface area contributed by atoms with Crippen molar-refractivity contribution in [3.8, 4) is 0 Å². The Morgan fingerprint density at radius 3 is 2.23 bits per heavy atom. The highest BCUT2D eigenvalue weighted by Crippen LogP contribution is 2.21. The third-order valence-corrected chi connectivity index (χ3v) is 6.63. The minimum Gasteiger partial charge on any atom is -0.331 e. The van der Waals surface area contributed by atoms with E-state index in [0.29, 0.717) is 0 Å². The molecule has 3 aromatic carbocycles. The van der Waals surface area contributed by atoms with Gasteiger partial charge in [-0.2, -0.15) is 0 Å². The number of amides is 2. The number of rotatable bonds is 7. The maximum Gasteiger partial charge on any atom is 0.323 e. The summed E-state index contributed by atoms with van der Waals surface area (Å²) in [5.41, 5.74) is 4.83. The standard InChI is InChI=1S/C28H32N6O/c1-32-26-13-12-24(30-28(35)29-23-10-6-3-7-11-23)20-25(26)31-27(32)14-15-33-16-18-34(19-17-33)21-22-8-4-2-5-9-22/h2-13,20H,14-19,21H2,1H3,(H2,29,30,35). The number of imidazole rings is 1. The van der Waals surface area contributed by atoms with E-state index < -0.39 is 0 Å². The average Bonchev–Trinajstić information content (AvgIpc) is 3.19. The summed E-state index contributed by atoms with van der Waals surface area (Å²) in [7, 11) is 2.07. The first-order chi connectivity index (χ1) is 17.1. The lowest BCUT2D eigenvalue weighted by molar-refractivity contribution is 0.127. The van der Waals surface area contributed by atoms with Crippen LogP contribution in [0.1, 0.15) is 11.4 Å². The molecule has 7 heteroatoms. The van der Waals surface area contributed by atoms with E-state index in [-0.39, 0.29) is 6.03 Å². The van der Waals surface area contributed by atoms with Gasteiger partial charge in [0.1, 0.15) is 5.82 Å². The molecular formula is C28H32N6O. The molecule has 5 rings (SSSR count). The molecule has 1 aromatic heterocycles. The van der Waals surface area contributed by atoms with E-state index in [1.807, 2.05) is 48.5 Å². The van der Waals surface area contributed by atoms with E-state index in [4.69, 9.17) is 4.98 Å². The van der Waals surface area contributed by atoms with E-state index in [1.165, 1.54) is 5.56 Å². The minimum absolute atomic E-state index is 0.266. The molecular weight excluding hydrogens is 436 g/mol. The largest absolute Gasteiger partial charge is 0.331 e. The van der Waals surface area contributed by atoms with Crippen LogP contribution in [0.15, 0.2) is 78.9 Å². The first kappa shape index (κ1) is 23.1. The molecule has 0 bridgehead atoms. The Balaban J connectivity index is 1.14. The number of anilines is 2. The number of aryl methyl sites for hydroxylation is 1. The average molecular weight is 469 g/mol. The molecule has 0 saturated carbocycles. The molecule has 0 radical (unpaired) electrons. The molecule has 180 valence electrons. The molecule has 0 atom stereocenters. The SMILES string of the molecule is Cn1c(CCN2CCN(Cc3ccccc3)CC2)nc2cc(NC(=O)Nc3ccccc3)ccc21. The topological polar surface area (TPSA) is 65.4 Å². The number of fused-ring (bicyclic) bond motifs is 1. The number of hydrogen-bond acceptors (Lipinski definition) is 4. The summed E-state index contributed by atoms with van der Waals surface area (Å²) in [5.74, 6) is 1.07. The Labute approximate surface area is 206 Å². The molecule has 2 heterocycles. The molecule has 1 aliphatic rings. The molecule has 1 saturated heterocycles. The highest BCUT2D eigenvalue weighted by molar-refractivity contribution is 6.00. The summed E-state index contributed by atoms with van der Waals surface area (Å²) in [6.45, 7) is 6.39. The first-order valence-electron chi connectivity index (χ1n) is 12.2. The van der Waals surface area contributed by atoms with Crippen LogP contribution in [0.5, 0.6) is 0 Å². The molecule has 4 aromatic rings. The van der Waals surface area contributed by atoms with E-state index in [0.717, 1.165) is 73.9 Å². The predicted octanol–water partition coefficient (Wildman–Crippen LogP) is 4.58. The van der Waals surface area contributed by atoms with Gasteiger partial charge in [-0.25, -0.2) is 9.78 Å². The summed E-state index contributed by atoms with van der Waals surface area (Å²) >= 11 is 0. The number of carbonyl (C=O) groups is 1. The number of hydrogen-bond donors (Lipinski definition) is 2. The van der Waals surface area contributed by atoms with Crippen molar-refractivity contribution in [3.05, 3.63) is 90.3 Å². The van der Waals surface area contributed by atoms with Crippen LogP contribution in [0.2, 0.25) is 0 Å². The van der Waals surface area contributed by atoms with Crippen molar-refractivity contribution in [2.45, 2.75) is 13.0 Å². The van der Waals surface area contributed by atoms with Gasteiger partial charge in [0.25, 0.3) is 0 Å².